The molecule has 1 heterocycles. The van der Waals surface area contributed by atoms with Crippen molar-refractivity contribution >= 4 is 22.6 Å². The van der Waals surface area contributed by atoms with Crippen LogP contribution in [-0.2, 0) is 0 Å². The molecule has 0 N–H and O–H groups in total. The molecule has 0 bridgehead atoms. The molecule has 1 fully saturated rings. The molecular formula is C16H20ClFN2. The van der Waals surface area contributed by atoms with Crippen LogP contribution >= 0.6 is 11.6 Å². The third-order valence-electron chi connectivity index (χ3n) is 5.24. The molecule has 1 aromatic heterocycles. The van der Waals surface area contributed by atoms with Gasteiger partial charge in [0, 0.05) is 6.04 Å². The molecule has 108 valence electrons. The van der Waals surface area contributed by atoms with Gasteiger partial charge in [-0.2, -0.15) is 0 Å². The smallest absolute Gasteiger partial charge is 0.128 e. The summed E-state index contributed by atoms with van der Waals surface area (Å²) in [5.41, 5.74) is 1.95. The molecule has 0 aliphatic heterocycles. The van der Waals surface area contributed by atoms with Crippen LogP contribution in [0.3, 0.4) is 0 Å². The molecule has 1 atom stereocenters. The Hall–Kier alpha value is -1.09. The molecular weight excluding hydrogens is 275 g/mol. The summed E-state index contributed by atoms with van der Waals surface area (Å²) in [6.45, 7) is 10.9. The van der Waals surface area contributed by atoms with E-state index in [2.05, 4.69) is 37.2 Å². The molecule has 1 aromatic carbocycles. The number of fused-ring (bicyclic) bond motifs is 1. The van der Waals surface area contributed by atoms with Crippen LogP contribution in [0.4, 0.5) is 4.39 Å². The Balaban J connectivity index is 2.28. The number of benzene rings is 1. The number of hydrogen-bond acceptors (Lipinski definition) is 1. The summed E-state index contributed by atoms with van der Waals surface area (Å²) in [7, 11) is 0. The summed E-state index contributed by atoms with van der Waals surface area (Å²) < 4.78 is 15.8. The lowest BCUT2D eigenvalue weighted by Gasteiger charge is -2.12. The van der Waals surface area contributed by atoms with Crippen molar-refractivity contribution in [1.82, 2.24) is 9.55 Å². The lowest BCUT2D eigenvalue weighted by molar-refractivity contribution is 0.457. The van der Waals surface area contributed by atoms with Gasteiger partial charge in [-0.25, -0.2) is 9.37 Å². The topological polar surface area (TPSA) is 17.8 Å². The molecule has 1 aliphatic carbocycles. The highest BCUT2D eigenvalue weighted by Gasteiger charge is 2.66. The van der Waals surface area contributed by atoms with E-state index in [0.717, 1.165) is 16.9 Å². The first kappa shape index (κ1) is 13.9. The maximum absolute atomic E-state index is 13.6. The fraction of sp³-hybridized carbons (Fsp3) is 0.562. The lowest BCUT2D eigenvalue weighted by atomic mass is 10.0. The Morgan fingerprint density at radius 1 is 1.25 bits per heavy atom. The minimum absolute atomic E-state index is 0.146. The summed E-state index contributed by atoms with van der Waals surface area (Å²) in [5.74, 6) is 0.597. The van der Waals surface area contributed by atoms with Gasteiger partial charge in [0.1, 0.15) is 11.6 Å². The summed E-state index contributed by atoms with van der Waals surface area (Å²) in [4.78, 5) is 4.61. The van der Waals surface area contributed by atoms with Crippen molar-refractivity contribution in [2.75, 3.05) is 0 Å². The van der Waals surface area contributed by atoms with Crippen molar-refractivity contribution in [3.8, 4) is 0 Å². The third kappa shape index (κ3) is 1.65. The van der Waals surface area contributed by atoms with Crippen LogP contribution in [0.2, 0.25) is 0 Å². The van der Waals surface area contributed by atoms with Gasteiger partial charge < -0.3 is 4.57 Å². The predicted octanol–water partition coefficient (Wildman–Crippen LogP) is 5.08. The molecule has 0 saturated heterocycles. The van der Waals surface area contributed by atoms with E-state index >= 15 is 0 Å². The van der Waals surface area contributed by atoms with Gasteiger partial charge >= 0.3 is 0 Å². The predicted molar refractivity (Wildman–Crippen MR) is 80.6 cm³/mol. The molecule has 0 radical (unpaired) electrons. The van der Waals surface area contributed by atoms with Gasteiger partial charge in [0.25, 0.3) is 0 Å². The van der Waals surface area contributed by atoms with E-state index in [1.165, 1.54) is 6.07 Å². The second-order valence-electron chi connectivity index (χ2n) is 6.93. The molecule has 0 amide bonds. The van der Waals surface area contributed by atoms with Gasteiger partial charge in [0.2, 0.25) is 0 Å². The average molecular weight is 295 g/mol. The standard InChI is InChI=1S/C16H20ClFN2/c1-9(17)13-19-11-7-6-10(18)8-12(11)20(13)14-15(2,3)16(14,4)5/h6-9,14H,1-5H3. The highest BCUT2D eigenvalue weighted by Crippen LogP contribution is 2.72. The Morgan fingerprint density at radius 3 is 2.35 bits per heavy atom. The second kappa shape index (κ2) is 3.97. The van der Waals surface area contributed by atoms with Crippen LogP contribution in [0.15, 0.2) is 18.2 Å². The number of hydrogen-bond donors (Lipinski definition) is 0. The minimum atomic E-state index is -0.233. The zero-order chi connectivity index (χ0) is 14.9. The minimum Gasteiger partial charge on any atom is -0.322 e. The van der Waals surface area contributed by atoms with Crippen molar-refractivity contribution in [1.29, 1.82) is 0 Å². The fourth-order valence-electron chi connectivity index (χ4n) is 3.44. The van der Waals surface area contributed by atoms with Crippen molar-refractivity contribution in [3.63, 3.8) is 0 Å². The number of alkyl halides is 1. The lowest BCUT2D eigenvalue weighted by Crippen LogP contribution is -2.07. The van der Waals surface area contributed by atoms with Gasteiger partial charge in [-0.15, -0.1) is 11.6 Å². The van der Waals surface area contributed by atoms with E-state index in [1.54, 1.807) is 12.1 Å². The zero-order valence-corrected chi connectivity index (χ0v) is 13.3. The molecule has 3 rings (SSSR count). The van der Waals surface area contributed by atoms with Crippen LogP contribution < -0.4 is 0 Å². The van der Waals surface area contributed by atoms with Gasteiger partial charge in [-0.05, 0) is 36.0 Å². The van der Waals surface area contributed by atoms with Gasteiger partial charge in [0.05, 0.1) is 16.4 Å². The van der Waals surface area contributed by atoms with Crippen molar-refractivity contribution < 1.29 is 4.39 Å². The van der Waals surface area contributed by atoms with Crippen LogP contribution in [-0.4, -0.2) is 9.55 Å². The normalized spacial score (nSPS) is 22.1. The van der Waals surface area contributed by atoms with Gasteiger partial charge in [-0.3, -0.25) is 0 Å². The largest absolute Gasteiger partial charge is 0.322 e. The van der Waals surface area contributed by atoms with Crippen LogP contribution in [0.5, 0.6) is 0 Å². The monoisotopic (exact) mass is 294 g/mol. The van der Waals surface area contributed by atoms with E-state index in [9.17, 15) is 4.39 Å². The highest BCUT2D eigenvalue weighted by atomic mass is 35.5. The highest BCUT2D eigenvalue weighted by molar-refractivity contribution is 6.20. The Morgan fingerprint density at radius 2 is 1.85 bits per heavy atom. The molecule has 4 heteroatoms. The Labute approximate surface area is 123 Å². The number of rotatable bonds is 2. The van der Waals surface area contributed by atoms with Gasteiger partial charge in [0.15, 0.2) is 0 Å². The number of imidazole rings is 1. The van der Waals surface area contributed by atoms with E-state index < -0.39 is 0 Å². The van der Waals surface area contributed by atoms with E-state index in [0.29, 0.717) is 0 Å². The summed E-state index contributed by atoms with van der Waals surface area (Å²) in [5, 5.41) is -0.197. The van der Waals surface area contributed by atoms with Gasteiger partial charge in [-0.1, -0.05) is 27.7 Å². The SMILES string of the molecule is CC(Cl)c1nc2ccc(F)cc2n1C1C(C)(C)C1(C)C. The fourth-order valence-corrected chi connectivity index (χ4v) is 3.60. The Bertz CT molecular complexity index is 671. The number of nitrogens with zero attached hydrogens (tertiary/aromatic N) is 2. The van der Waals surface area contributed by atoms with Crippen LogP contribution in [0.1, 0.15) is 51.9 Å². The molecule has 2 nitrogen and oxygen atoms in total. The van der Waals surface area contributed by atoms with Crippen LogP contribution in [0.25, 0.3) is 11.0 Å². The quantitative estimate of drug-likeness (QED) is 0.706. The average Bonchev–Trinajstić information content (AvgIpc) is 2.64. The summed E-state index contributed by atoms with van der Waals surface area (Å²) >= 11 is 6.30. The molecule has 20 heavy (non-hydrogen) atoms. The maximum atomic E-state index is 13.6. The Kier molecular flexibility index (Phi) is 2.75. The van der Waals surface area contributed by atoms with E-state index in [-0.39, 0.29) is 28.1 Å². The number of halogens is 2. The number of aromatic nitrogens is 2. The molecule has 1 saturated carbocycles. The van der Waals surface area contributed by atoms with E-state index in [4.69, 9.17) is 11.6 Å². The summed E-state index contributed by atoms with van der Waals surface area (Å²) in [6, 6.07) is 5.03. The van der Waals surface area contributed by atoms with Crippen molar-refractivity contribution in [2.24, 2.45) is 10.8 Å². The molecule has 0 spiro atoms. The molecule has 1 unspecified atom stereocenters. The van der Waals surface area contributed by atoms with Crippen LogP contribution in [0, 0.1) is 16.6 Å². The second-order valence-corrected chi connectivity index (χ2v) is 7.59. The first-order valence-electron chi connectivity index (χ1n) is 6.99. The first-order valence-corrected chi connectivity index (χ1v) is 7.43. The van der Waals surface area contributed by atoms with Crippen molar-refractivity contribution in [2.45, 2.75) is 46.0 Å². The van der Waals surface area contributed by atoms with Crippen molar-refractivity contribution in [3.05, 3.63) is 29.8 Å². The summed E-state index contributed by atoms with van der Waals surface area (Å²) in [6.07, 6.45) is 0. The maximum Gasteiger partial charge on any atom is 0.128 e. The first-order chi connectivity index (χ1) is 9.18. The third-order valence-corrected chi connectivity index (χ3v) is 5.43. The van der Waals surface area contributed by atoms with E-state index in [1.807, 2.05) is 6.92 Å². The molecule has 1 aliphatic rings. The molecule has 2 aromatic rings. The zero-order valence-electron chi connectivity index (χ0n) is 12.5.